The van der Waals surface area contributed by atoms with Crippen molar-refractivity contribution in [3.8, 4) is 11.3 Å². The molecule has 6 heteroatoms. The van der Waals surface area contributed by atoms with E-state index in [9.17, 15) is 9.18 Å². The lowest BCUT2D eigenvalue weighted by Gasteiger charge is -1.97. The molecule has 0 atom stereocenters. The number of nitrogens with zero attached hydrogens (tertiary/aromatic N) is 2. The Morgan fingerprint density at radius 2 is 1.88 bits per heavy atom. The van der Waals surface area contributed by atoms with Crippen LogP contribution in [0.5, 0.6) is 0 Å². The van der Waals surface area contributed by atoms with E-state index in [1.165, 1.54) is 12.1 Å². The van der Waals surface area contributed by atoms with Crippen molar-refractivity contribution in [2.75, 3.05) is 0 Å². The fourth-order valence-electron chi connectivity index (χ4n) is 2.08. The molecule has 0 bridgehead atoms. The molecular weight excluding hydrogens is 307 g/mol. The summed E-state index contributed by atoms with van der Waals surface area (Å²) in [5.41, 5.74) is 6.03. The van der Waals surface area contributed by atoms with E-state index in [2.05, 4.69) is 20.7 Å². The summed E-state index contributed by atoms with van der Waals surface area (Å²) in [6, 6.07) is 15.2. The predicted octanol–water partition coefficient (Wildman–Crippen LogP) is 3.29. The standard InChI is InChI=1S/C18H15FN4O/c1-12-2-4-13(5-3-12)11-20-23-18(24)17-10-16(21-22-17)14-6-8-15(19)9-7-14/h2-11H,1H3,(H,21,22)(H,23,24). The number of hydrogen-bond acceptors (Lipinski definition) is 3. The van der Waals surface area contributed by atoms with E-state index >= 15 is 0 Å². The molecule has 2 aromatic carbocycles. The van der Waals surface area contributed by atoms with Gasteiger partial charge in [0, 0.05) is 5.56 Å². The predicted molar refractivity (Wildman–Crippen MR) is 90.2 cm³/mol. The van der Waals surface area contributed by atoms with Crippen LogP contribution in [0, 0.1) is 12.7 Å². The molecule has 0 saturated heterocycles. The first-order valence-corrected chi connectivity index (χ1v) is 7.33. The molecule has 1 aromatic heterocycles. The molecule has 0 unspecified atom stereocenters. The van der Waals surface area contributed by atoms with E-state index in [0.29, 0.717) is 5.69 Å². The Morgan fingerprint density at radius 1 is 1.17 bits per heavy atom. The summed E-state index contributed by atoms with van der Waals surface area (Å²) in [4.78, 5) is 12.0. The Balaban J connectivity index is 1.65. The van der Waals surface area contributed by atoms with Crippen LogP contribution in [0.1, 0.15) is 21.6 Å². The van der Waals surface area contributed by atoms with Crippen LogP contribution in [0.15, 0.2) is 59.7 Å². The number of benzene rings is 2. The summed E-state index contributed by atoms with van der Waals surface area (Å²) in [6.45, 7) is 2.00. The third kappa shape index (κ3) is 3.73. The fraction of sp³-hybridized carbons (Fsp3) is 0.0556. The van der Waals surface area contributed by atoms with Crippen molar-refractivity contribution in [3.05, 3.63) is 77.2 Å². The van der Waals surface area contributed by atoms with Gasteiger partial charge < -0.3 is 0 Å². The first-order chi connectivity index (χ1) is 11.6. The first kappa shape index (κ1) is 15.6. The number of aryl methyl sites for hydroxylation is 1. The molecule has 0 radical (unpaired) electrons. The number of nitrogens with one attached hydrogen (secondary N) is 2. The number of H-pyrrole nitrogens is 1. The maximum atomic E-state index is 12.9. The summed E-state index contributed by atoms with van der Waals surface area (Å²) < 4.78 is 12.9. The molecule has 0 aliphatic heterocycles. The number of aromatic amines is 1. The van der Waals surface area contributed by atoms with Crippen molar-refractivity contribution in [1.29, 1.82) is 0 Å². The van der Waals surface area contributed by atoms with E-state index in [1.807, 2.05) is 31.2 Å². The van der Waals surface area contributed by atoms with Crippen molar-refractivity contribution in [2.24, 2.45) is 5.10 Å². The maximum absolute atomic E-state index is 12.9. The quantitative estimate of drug-likeness (QED) is 0.571. The molecule has 5 nitrogen and oxygen atoms in total. The molecule has 0 spiro atoms. The Kier molecular flexibility index (Phi) is 4.47. The van der Waals surface area contributed by atoms with Crippen molar-refractivity contribution in [2.45, 2.75) is 6.92 Å². The Labute approximate surface area is 138 Å². The normalized spacial score (nSPS) is 10.9. The highest BCUT2D eigenvalue weighted by molar-refractivity contribution is 5.94. The van der Waals surface area contributed by atoms with Crippen LogP contribution in [0.2, 0.25) is 0 Å². The molecule has 0 aliphatic carbocycles. The van der Waals surface area contributed by atoms with Crippen molar-refractivity contribution in [3.63, 3.8) is 0 Å². The number of carbonyl (C=O) groups is 1. The molecule has 1 heterocycles. The number of amides is 1. The summed E-state index contributed by atoms with van der Waals surface area (Å²) in [5, 5.41) is 10.6. The second-order valence-electron chi connectivity index (χ2n) is 5.28. The highest BCUT2D eigenvalue weighted by Crippen LogP contribution is 2.17. The molecule has 2 N–H and O–H groups in total. The van der Waals surface area contributed by atoms with Gasteiger partial charge in [-0.3, -0.25) is 9.89 Å². The Bertz CT molecular complexity index is 867. The minimum absolute atomic E-state index is 0.274. The number of carbonyl (C=O) groups excluding carboxylic acids is 1. The van der Waals surface area contributed by atoms with Gasteiger partial charge in [0.15, 0.2) is 0 Å². The zero-order chi connectivity index (χ0) is 16.9. The highest BCUT2D eigenvalue weighted by Gasteiger charge is 2.10. The van der Waals surface area contributed by atoms with Crippen LogP contribution >= 0.6 is 0 Å². The van der Waals surface area contributed by atoms with Crippen LogP contribution < -0.4 is 5.43 Å². The molecule has 0 fully saturated rings. The van der Waals surface area contributed by atoms with E-state index in [-0.39, 0.29) is 11.5 Å². The Morgan fingerprint density at radius 3 is 2.58 bits per heavy atom. The number of rotatable bonds is 4. The zero-order valence-corrected chi connectivity index (χ0v) is 13.0. The topological polar surface area (TPSA) is 70.1 Å². The van der Waals surface area contributed by atoms with Gasteiger partial charge in [-0.25, -0.2) is 9.82 Å². The number of aromatic nitrogens is 2. The monoisotopic (exact) mass is 322 g/mol. The van der Waals surface area contributed by atoms with Crippen LogP contribution in [-0.2, 0) is 0 Å². The minimum atomic E-state index is -0.403. The van der Waals surface area contributed by atoms with Gasteiger partial charge in [-0.05, 0) is 42.8 Å². The van der Waals surface area contributed by atoms with Gasteiger partial charge in [0.05, 0.1) is 11.9 Å². The minimum Gasteiger partial charge on any atom is -0.272 e. The third-order valence-electron chi connectivity index (χ3n) is 3.42. The van der Waals surface area contributed by atoms with Gasteiger partial charge in [-0.1, -0.05) is 29.8 Å². The Hall–Kier alpha value is -3.28. The van der Waals surface area contributed by atoms with E-state index in [1.54, 1.807) is 24.4 Å². The molecule has 24 heavy (non-hydrogen) atoms. The average Bonchev–Trinajstić information content (AvgIpc) is 3.07. The van der Waals surface area contributed by atoms with Gasteiger partial charge >= 0.3 is 0 Å². The third-order valence-corrected chi connectivity index (χ3v) is 3.42. The second kappa shape index (κ2) is 6.87. The fourth-order valence-corrected chi connectivity index (χ4v) is 2.08. The lowest BCUT2D eigenvalue weighted by atomic mass is 10.1. The van der Waals surface area contributed by atoms with Crippen LogP contribution in [-0.4, -0.2) is 22.3 Å². The van der Waals surface area contributed by atoms with Crippen molar-refractivity contribution >= 4 is 12.1 Å². The molecule has 0 saturated carbocycles. The molecule has 120 valence electrons. The van der Waals surface area contributed by atoms with Gasteiger partial charge in [-0.2, -0.15) is 10.2 Å². The molecule has 1 amide bonds. The largest absolute Gasteiger partial charge is 0.289 e. The summed E-state index contributed by atoms with van der Waals surface area (Å²) in [5.74, 6) is -0.725. The summed E-state index contributed by atoms with van der Waals surface area (Å²) >= 11 is 0. The second-order valence-corrected chi connectivity index (χ2v) is 5.28. The van der Waals surface area contributed by atoms with Crippen LogP contribution in [0.25, 0.3) is 11.3 Å². The lowest BCUT2D eigenvalue weighted by molar-refractivity contribution is 0.0950. The summed E-state index contributed by atoms with van der Waals surface area (Å²) in [6.07, 6.45) is 1.56. The first-order valence-electron chi connectivity index (χ1n) is 7.33. The van der Waals surface area contributed by atoms with Gasteiger partial charge in [-0.15, -0.1) is 0 Å². The SMILES string of the molecule is Cc1ccc(C=NNC(=O)c2cc(-c3ccc(F)cc3)n[nH]2)cc1. The van der Waals surface area contributed by atoms with Crippen molar-refractivity contribution < 1.29 is 9.18 Å². The van der Waals surface area contributed by atoms with E-state index in [4.69, 9.17) is 0 Å². The van der Waals surface area contributed by atoms with Crippen LogP contribution in [0.3, 0.4) is 0 Å². The van der Waals surface area contributed by atoms with Crippen molar-refractivity contribution in [1.82, 2.24) is 15.6 Å². The molecular formula is C18H15FN4O. The van der Waals surface area contributed by atoms with Crippen LogP contribution in [0.4, 0.5) is 4.39 Å². The number of hydrogen-bond donors (Lipinski definition) is 2. The smallest absolute Gasteiger partial charge is 0.272 e. The van der Waals surface area contributed by atoms with Gasteiger partial charge in [0.1, 0.15) is 11.5 Å². The van der Waals surface area contributed by atoms with E-state index in [0.717, 1.165) is 16.7 Å². The number of hydrazone groups is 1. The van der Waals surface area contributed by atoms with E-state index < -0.39 is 5.91 Å². The highest BCUT2D eigenvalue weighted by atomic mass is 19.1. The number of halogens is 1. The molecule has 3 aromatic rings. The zero-order valence-electron chi connectivity index (χ0n) is 13.0. The molecule has 0 aliphatic rings. The summed E-state index contributed by atoms with van der Waals surface area (Å²) in [7, 11) is 0. The lowest BCUT2D eigenvalue weighted by Crippen LogP contribution is -2.17. The van der Waals surface area contributed by atoms with Gasteiger partial charge in [0.25, 0.3) is 5.91 Å². The maximum Gasteiger partial charge on any atom is 0.289 e. The van der Waals surface area contributed by atoms with Gasteiger partial charge in [0.2, 0.25) is 0 Å². The average molecular weight is 322 g/mol. The molecule has 3 rings (SSSR count).